The van der Waals surface area contributed by atoms with Gasteiger partial charge in [-0.05, 0) is 85.9 Å². The lowest BCUT2D eigenvalue weighted by molar-refractivity contribution is 0.0173. The lowest BCUT2D eigenvalue weighted by atomic mass is 9.96. The van der Waals surface area contributed by atoms with Gasteiger partial charge in [0, 0.05) is 28.5 Å². The second-order valence-corrected chi connectivity index (χ2v) is 9.90. The highest BCUT2D eigenvalue weighted by Crippen LogP contribution is 2.53. The third-order valence-corrected chi connectivity index (χ3v) is 7.17. The quantitative estimate of drug-likeness (QED) is 0.308. The zero-order valence-corrected chi connectivity index (χ0v) is 20.3. The van der Waals surface area contributed by atoms with E-state index in [9.17, 15) is 0 Å². The molecular weight excluding hydrogens is 430 g/mol. The van der Waals surface area contributed by atoms with E-state index in [4.69, 9.17) is 21.1 Å². The molecule has 0 spiro atoms. The minimum atomic E-state index is -0.311. The molecule has 2 aliphatic rings. The first-order valence-electron chi connectivity index (χ1n) is 12.2. The predicted octanol–water partition coefficient (Wildman–Crippen LogP) is 7.80. The molecule has 2 saturated carbocycles. The van der Waals surface area contributed by atoms with E-state index in [1.165, 1.54) is 24.0 Å². The highest BCUT2D eigenvalue weighted by atomic mass is 35.5. The van der Waals surface area contributed by atoms with Crippen molar-refractivity contribution in [3.05, 3.63) is 82.1 Å². The first kappa shape index (κ1) is 22.4. The topological polar surface area (TPSA) is 31.4 Å². The first-order chi connectivity index (χ1) is 16.1. The van der Waals surface area contributed by atoms with Crippen molar-refractivity contribution in [2.45, 2.75) is 77.1 Å². The molecule has 3 aromatic rings. The third kappa shape index (κ3) is 4.95. The molecule has 0 atom stereocenters. The Morgan fingerprint density at radius 1 is 1.06 bits per heavy atom. The molecule has 0 radical (unpaired) electrons. The molecule has 0 aliphatic heterocycles. The maximum atomic E-state index is 6.67. The van der Waals surface area contributed by atoms with Crippen molar-refractivity contribution in [2.75, 3.05) is 0 Å². The molecule has 33 heavy (non-hydrogen) atoms. The van der Waals surface area contributed by atoms with Crippen LogP contribution in [0.4, 0.5) is 0 Å². The number of unbranched alkanes of at least 4 members (excludes halogenated alkanes) is 1. The molecule has 0 N–H and O–H groups in total. The molecular formula is C29H32ClNO2. The van der Waals surface area contributed by atoms with Crippen molar-refractivity contribution in [3.8, 4) is 16.9 Å². The largest absolute Gasteiger partial charge is 0.490 e. The van der Waals surface area contributed by atoms with Crippen molar-refractivity contribution in [1.29, 1.82) is 0 Å². The van der Waals surface area contributed by atoms with Gasteiger partial charge in [0.1, 0.15) is 5.75 Å². The summed E-state index contributed by atoms with van der Waals surface area (Å²) in [6.45, 7) is 4.90. The van der Waals surface area contributed by atoms with Crippen molar-refractivity contribution < 1.29 is 9.47 Å². The number of ether oxygens (including phenoxy) is 2. The Balaban J connectivity index is 1.39. The monoisotopic (exact) mass is 461 g/mol. The molecule has 5 rings (SSSR count). The first-order valence-corrected chi connectivity index (χ1v) is 12.6. The van der Waals surface area contributed by atoms with Gasteiger partial charge in [0.15, 0.2) is 0 Å². The molecule has 172 valence electrons. The van der Waals surface area contributed by atoms with Crippen molar-refractivity contribution >= 4 is 11.6 Å². The Kier molecular flexibility index (Phi) is 6.44. The molecule has 2 aliphatic carbocycles. The van der Waals surface area contributed by atoms with Gasteiger partial charge in [-0.1, -0.05) is 49.2 Å². The second-order valence-electron chi connectivity index (χ2n) is 9.49. The van der Waals surface area contributed by atoms with Gasteiger partial charge in [0.2, 0.25) is 0 Å². The Morgan fingerprint density at radius 3 is 2.64 bits per heavy atom. The van der Waals surface area contributed by atoms with E-state index in [1.54, 1.807) is 0 Å². The van der Waals surface area contributed by atoms with E-state index < -0.39 is 0 Å². The number of rotatable bonds is 10. The number of para-hydroxylation sites is 1. The molecule has 0 unspecified atom stereocenters. The van der Waals surface area contributed by atoms with E-state index in [0.717, 1.165) is 65.1 Å². The van der Waals surface area contributed by atoms with Gasteiger partial charge in [0.05, 0.1) is 18.3 Å². The van der Waals surface area contributed by atoms with Crippen LogP contribution in [0.2, 0.25) is 5.02 Å². The molecule has 2 fully saturated rings. The summed E-state index contributed by atoms with van der Waals surface area (Å²) in [6, 6.07) is 14.7. The average Bonchev–Trinajstić information content (AvgIpc) is 3.76. The van der Waals surface area contributed by atoms with Crippen LogP contribution >= 0.6 is 11.6 Å². The van der Waals surface area contributed by atoms with Crippen LogP contribution < -0.4 is 4.74 Å². The van der Waals surface area contributed by atoms with Gasteiger partial charge < -0.3 is 9.47 Å². The van der Waals surface area contributed by atoms with E-state index in [1.807, 2.05) is 18.5 Å². The number of nitrogens with zero attached hydrogens (tertiary/aromatic N) is 1. The molecule has 3 nitrogen and oxygen atoms in total. The minimum Gasteiger partial charge on any atom is -0.490 e. The minimum absolute atomic E-state index is 0.311. The maximum absolute atomic E-state index is 6.67. The summed E-state index contributed by atoms with van der Waals surface area (Å²) in [5.74, 6) is 0.949. The van der Waals surface area contributed by atoms with Crippen LogP contribution in [0.3, 0.4) is 0 Å². The standard InChI is InChI=1S/C29H32ClNO2/c1-3-4-7-21-17-27(30)22(16-20(21)2)19-32-29(13-14-29)26-18-31-15-12-24(26)25-8-5-6-9-28(25)33-23-10-11-23/h5-6,8-9,12,15-18,23H,3-4,7,10-11,13-14,19H2,1-2H3. The molecule has 1 aromatic heterocycles. The lowest BCUT2D eigenvalue weighted by Gasteiger charge is -2.22. The van der Waals surface area contributed by atoms with Crippen molar-refractivity contribution in [1.82, 2.24) is 4.98 Å². The number of aromatic nitrogens is 1. The molecule has 0 bridgehead atoms. The Bertz CT molecular complexity index is 1130. The summed E-state index contributed by atoms with van der Waals surface area (Å²) in [5.41, 5.74) is 6.79. The zero-order chi connectivity index (χ0) is 22.8. The highest BCUT2D eigenvalue weighted by Gasteiger charge is 2.47. The van der Waals surface area contributed by atoms with Crippen LogP contribution in [0.1, 0.15) is 67.7 Å². The fraction of sp³-hybridized carbons (Fsp3) is 0.414. The zero-order valence-electron chi connectivity index (χ0n) is 19.6. The van der Waals surface area contributed by atoms with Crippen LogP contribution in [-0.2, 0) is 23.4 Å². The van der Waals surface area contributed by atoms with Crippen LogP contribution in [0.25, 0.3) is 11.1 Å². The van der Waals surface area contributed by atoms with Crippen LogP contribution in [0.5, 0.6) is 5.75 Å². The van der Waals surface area contributed by atoms with Crippen molar-refractivity contribution in [3.63, 3.8) is 0 Å². The van der Waals surface area contributed by atoms with Crippen molar-refractivity contribution in [2.24, 2.45) is 0 Å². The molecule has 2 aromatic carbocycles. The Morgan fingerprint density at radius 2 is 1.88 bits per heavy atom. The van der Waals surface area contributed by atoms with E-state index in [-0.39, 0.29) is 5.60 Å². The summed E-state index contributed by atoms with van der Waals surface area (Å²) in [4.78, 5) is 4.46. The number of hydrogen-bond donors (Lipinski definition) is 0. The van der Waals surface area contributed by atoms with E-state index >= 15 is 0 Å². The van der Waals surface area contributed by atoms with Gasteiger partial charge in [-0.15, -0.1) is 0 Å². The molecule has 4 heteroatoms. The fourth-order valence-corrected chi connectivity index (χ4v) is 4.74. The Hall–Kier alpha value is -2.36. The summed E-state index contributed by atoms with van der Waals surface area (Å²) >= 11 is 6.67. The predicted molar refractivity (Wildman–Crippen MR) is 134 cm³/mol. The smallest absolute Gasteiger partial charge is 0.127 e. The molecule has 1 heterocycles. The number of pyridine rings is 1. The molecule has 0 saturated heterocycles. The van der Waals surface area contributed by atoms with Gasteiger partial charge in [-0.2, -0.15) is 0 Å². The van der Waals surface area contributed by atoms with E-state index in [2.05, 4.69) is 55.2 Å². The third-order valence-electron chi connectivity index (χ3n) is 6.82. The highest BCUT2D eigenvalue weighted by molar-refractivity contribution is 6.31. The normalized spacial score (nSPS) is 16.6. The lowest BCUT2D eigenvalue weighted by Crippen LogP contribution is -2.14. The fourth-order valence-electron chi connectivity index (χ4n) is 4.50. The van der Waals surface area contributed by atoms with Crippen LogP contribution in [0.15, 0.2) is 54.9 Å². The van der Waals surface area contributed by atoms with Crippen LogP contribution in [-0.4, -0.2) is 11.1 Å². The van der Waals surface area contributed by atoms with Gasteiger partial charge in [0.25, 0.3) is 0 Å². The number of benzene rings is 2. The number of hydrogen-bond acceptors (Lipinski definition) is 3. The summed E-state index contributed by atoms with van der Waals surface area (Å²) < 4.78 is 12.8. The summed E-state index contributed by atoms with van der Waals surface area (Å²) in [6.07, 6.45) is 11.9. The number of halogens is 1. The average molecular weight is 462 g/mol. The summed E-state index contributed by atoms with van der Waals surface area (Å²) in [5, 5.41) is 0.803. The van der Waals surface area contributed by atoms with Gasteiger partial charge >= 0.3 is 0 Å². The maximum Gasteiger partial charge on any atom is 0.127 e. The molecule has 0 amide bonds. The van der Waals surface area contributed by atoms with Gasteiger partial charge in [-0.25, -0.2) is 0 Å². The second kappa shape index (κ2) is 9.48. The Labute approximate surface area is 202 Å². The number of aryl methyl sites for hydroxylation is 2. The SMILES string of the molecule is CCCCc1cc(Cl)c(COC2(c3cnccc3-c3ccccc3OC3CC3)CC2)cc1C. The van der Waals surface area contributed by atoms with Crippen LogP contribution in [0, 0.1) is 6.92 Å². The van der Waals surface area contributed by atoms with E-state index in [0.29, 0.717) is 12.7 Å². The summed E-state index contributed by atoms with van der Waals surface area (Å²) in [7, 11) is 0. The van der Waals surface area contributed by atoms with Gasteiger partial charge in [-0.3, -0.25) is 4.98 Å².